The topological polar surface area (TPSA) is 67.3 Å². The number of aromatic nitrogens is 2. The molecule has 1 aliphatic heterocycles. The van der Waals surface area contributed by atoms with Gasteiger partial charge >= 0.3 is 5.69 Å². The summed E-state index contributed by atoms with van der Waals surface area (Å²) in [5, 5.41) is 0. The van der Waals surface area contributed by atoms with E-state index in [0.717, 1.165) is 69.5 Å². The van der Waals surface area contributed by atoms with Gasteiger partial charge in [-0.2, -0.15) is 0 Å². The summed E-state index contributed by atoms with van der Waals surface area (Å²) in [6.07, 6.45) is 6.96. The van der Waals surface area contributed by atoms with Crippen LogP contribution in [0.2, 0.25) is 0 Å². The summed E-state index contributed by atoms with van der Waals surface area (Å²) in [6.45, 7) is 4.22. The van der Waals surface area contributed by atoms with E-state index >= 15 is 0 Å². The zero-order valence-electron chi connectivity index (χ0n) is 13.1. The van der Waals surface area contributed by atoms with Crippen molar-refractivity contribution in [3.8, 4) is 0 Å². The van der Waals surface area contributed by atoms with E-state index in [0.29, 0.717) is 13.3 Å². The van der Waals surface area contributed by atoms with Crippen molar-refractivity contribution in [3.05, 3.63) is 32.1 Å². The SMILES string of the molecule is O=c1[nH]c(=O)n(CCCN2CCCCOC2)c2c1CCCC2. The maximum atomic E-state index is 12.1. The van der Waals surface area contributed by atoms with Gasteiger partial charge in [0, 0.05) is 37.5 Å². The van der Waals surface area contributed by atoms with Gasteiger partial charge in [0.15, 0.2) is 0 Å². The fraction of sp³-hybridized carbons (Fsp3) is 0.750. The van der Waals surface area contributed by atoms with Crippen LogP contribution in [-0.2, 0) is 24.1 Å². The first-order chi connectivity index (χ1) is 10.8. The van der Waals surface area contributed by atoms with Crippen LogP contribution in [0.3, 0.4) is 0 Å². The van der Waals surface area contributed by atoms with Gasteiger partial charge in [-0.15, -0.1) is 0 Å². The Morgan fingerprint density at radius 2 is 1.91 bits per heavy atom. The number of H-pyrrole nitrogens is 1. The van der Waals surface area contributed by atoms with Crippen LogP contribution in [0.4, 0.5) is 0 Å². The minimum atomic E-state index is -0.252. The zero-order chi connectivity index (χ0) is 15.4. The summed E-state index contributed by atoms with van der Waals surface area (Å²) in [4.78, 5) is 28.8. The molecule has 1 saturated heterocycles. The summed E-state index contributed by atoms with van der Waals surface area (Å²) in [7, 11) is 0. The summed E-state index contributed by atoms with van der Waals surface area (Å²) in [5.41, 5.74) is 1.35. The van der Waals surface area contributed by atoms with E-state index in [2.05, 4.69) is 9.88 Å². The lowest BCUT2D eigenvalue weighted by atomic mass is 9.97. The largest absolute Gasteiger partial charge is 0.366 e. The first-order valence-electron chi connectivity index (χ1n) is 8.40. The number of nitrogens with zero attached hydrogens (tertiary/aromatic N) is 2. The highest BCUT2D eigenvalue weighted by Crippen LogP contribution is 2.16. The third kappa shape index (κ3) is 3.50. The zero-order valence-corrected chi connectivity index (χ0v) is 13.1. The average Bonchev–Trinajstić information content (AvgIpc) is 2.79. The Labute approximate surface area is 130 Å². The van der Waals surface area contributed by atoms with Gasteiger partial charge < -0.3 is 4.74 Å². The molecule has 6 heteroatoms. The molecule has 0 saturated carbocycles. The second-order valence-corrected chi connectivity index (χ2v) is 6.26. The van der Waals surface area contributed by atoms with Crippen LogP contribution >= 0.6 is 0 Å². The molecule has 0 atom stereocenters. The second kappa shape index (κ2) is 7.24. The molecule has 6 nitrogen and oxygen atoms in total. The summed E-state index contributed by atoms with van der Waals surface area (Å²) < 4.78 is 7.34. The number of rotatable bonds is 4. The normalized spacial score (nSPS) is 19.6. The van der Waals surface area contributed by atoms with Crippen LogP contribution in [0.1, 0.15) is 43.4 Å². The first-order valence-corrected chi connectivity index (χ1v) is 8.40. The molecule has 1 fully saturated rings. The minimum absolute atomic E-state index is 0.183. The van der Waals surface area contributed by atoms with Crippen molar-refractivity contribution < 1.29 is 4.74 Å². The van der Waals surface area contributed by atoms with Crippen LogP contribution in [-0.4, -0.2) is 40.9 Å². The van der Waals surface area contributed by atoms with Gasteiger partial charge in [-0.1, -0.05) is 0 Å². The van der Waals surface area contributed by atoms with E-state index in [-0.39, 0.29) is 11.2 Å². The highest BCUT2D eigenvalue weighted by atomic mass is 16.5. The molecule has 3 rings (SSSR count). The number of aromatic amines is 1. The van der Waals surface area contributed by atoms with Crippen LogP contribution in [0, 0.1) is 0 Å². The molecule has 1 N–H and O–H groups in total. The van der Waals surface area contributed by atoms with Gasteiger partial charge in [-0.05, 0) is 44.9 Å². The lowest BCUT2D eigenvalue weighted by molar-refractivity contribution is 0.0486. The monoisotopic (exact) mass is 307 g/mol. The van der Waals surface area contributed by atoms with Crippen LogP contribution < -0.4 is 11.2 Å². The molecule has 1 aromatic rings. The van der Waals surface area contributed by atoms with E-state index in [4.69, 9.17) is 4.74 Å². The van der Waals surface area contributed by atoms with E-state index in [1.54, 1.807) is 4.57 Å². The van der Waals surface area contributed by atoms with Gasteiger partial charge in [0.25, 0.3) is 5.56 Å². The third-order valence-electron chi connectivity index (χ3n) is 4.65. The molecule has 0 bridgehead atoms. The molecule has 2 heterocycles. The van der Waals surface area contributed by atoms with Crippen LogP contribution in [0.25, 0.3) is 0 Å². The number of ether oxygens (including phenoxy) is 1. The molecule has 1 aromatic heterocycles. The predicted molar refractivity (Wildman–Crippen MR) is 84.2 cm³/mol. The summed E-state index contributed by atoms with van der Waals surface area (Å²) in [5.74, 6) is 0. The molecule has 2 aliphatic rings. The van der Waals surface area contributed by atoms with Crippen molar-refractivity contribution in [3.63, 3.8) is 0 Å². The highest BCUT2D eigenvalue weighted by molar-refractivity contribution is 5.20. The number of nitrogens with one attached hydrogen (secondary N) is 1. The quantitative estimate of drug-likeness (QED) is 0.896. The fourth-order valence-electron chi connectivity index (χ4n) is 3.46. The van der Waals surface area contributed by atoms with Crippen molar-refractivity contribution in [2.24, 2.45) is 0 Å². The van der Waals surface area contributed by atoms with E-state index in [9.17, 15) is 9.59 Å². The average molecular weight is 307 g/mol. The Hall–Kier alpha value is -1.40. The Balaban J connectivity index is 1.67. The number of hydrogen-bond donors (Lipinski definition) is 1. The smallest absolute Gasteiger partial charge is 0.328 e. The Bertz CT molecular complexity index is 612. The van der Waals surface area contributed by atoms with Crippen LogP contribution in [0.5, 0.6) is 0 Å². The van der Waals surface area contributed by atoms with Gasteiger partial charge in [0.2, 0.25) is 0 Å². The predicted octanol–water partition coefficient (Wildman–Crippen LogP) is 0.875. The summed E-state index contributed by atoms with van der Waals surface area (Å²) >= 11 is 0. The Kier molecular flexibility index (Phi) is 5.10. The first kappa shape index (κ1) is 15.5. The minimum Gasteiger partial charge on any atom is -0.366 e. The van der Waals surface area contributed by atoms with Crippen molar-refractivity contribution in [1.82, 2.24) is 14.5 Å². The second-order valence-electron chi connectivity index (χ2n) is 6.26. The van der Waals surface area contributed by atoms with Crippen molar-refractivity contribution >= 4 is 0 Å². The molecule has 122 valence electrons. The van der Waals surface area contributed by atoms with Gasteiger partial charge in [-0.3, -0.25) is 19.2 Å². The number of hydrogen-bond acceptors (Lipinski definition) is 4. The summed E-state index contributed by atoms with van der Waals surface area (Å²) in [6, 6.07) is 0. The van der Waals surface area contributed by atoms with E-state index < -0.39 is 0 Å². The lowest BCUT2D eigenvalue weighted by Crippen LogP contribution is -2.37. The molecule has 1 aliphatic carbocycles. The molecule has 0 spiro atoms. The van der Waals surface area contributed by atoms with Gasteiger partial charge in [0.1, 0.15) is 0 Å². The molecular weight excluding hydrogens is 282 g/mol. The number of fused-ring (bicyclic) bond motifs is 1. The van der Waals surface area contributed by atoms with Crippen molar-refractivity contribution in [2.75, 3.05) is 26.4 Å². The molecule has 0 amide bonds. The van der Waals surface area contributed by atoms with Gasteiger partial charge in [-0.25, -0.2) is 4.79 Å². The lowest BCUT2D eigenvalue weighted by Gasteiger charge is -2.22. The van der Waals surface area contributed by atoms with Gasteiger partial charge in [0.05, 0.1) is 6.73 Å². The molecular formula is C16H25N3O3. The fourth-order valence-corrected chi connectivity index (χ4v) is 3.46. The Morgan fingerprint density at radius 3 is 2.82 bits per heavy atom. The molecule has 0 unspecified atom stereocenters. The van der Waals surface area contributed by atoms with Crippen LogP contribution in [0.15, 0.2) is 9.59 Å². The Morgan fingerprint density at radius 1 is 1.05 bits per heavy atom. The molecule has 22 heavy (non-hydrogen) atoms. The van der Waals surface area contributed by atoms with E-state index in [1.807, 2.05) is 0 Å². The molecule has 0 aromatic carbocycles. The standard InChI is InChI=1S/C16H25N3O3/c20-15-13-6-1-2-7-14(13)19(16(21)17-15)10-5-9-18-8-3-4-11-22-12-18/h1-12H2,(H,17,20,21). The van der Waals surface area contributed by atoms with E-state index in [1.165, 1.54) is 6.42 Å². The maximum absolute atomic E-state index is 12.1. The maximum Gasteiger partial charge on any atom is 0.328 e. The van der Waals surface area contributed by atoms with Crippen molar-refractivity contribution in [1.29, 1.82) is 0 Å². The third-order valence-corrected chi connectivity index (χ3v) is 4.65. The highest BCUT2D eigenvalue weighted by Gasteiger charge is 2.18. The van der Waals surface area contributed by atoms with Crippen molar-refractivity contribution in [2.45, 2.75) is 51.5 Å². The molecule has 0 radical (unpaired) electrons.